The van der Waals surface area contributed by atoms with Crippen LogP contribution in [0.15, 0.2) is 15.8 Å². The molecule has 0 radical (unpaired) electrons. The van der Waals surface area contributed by atoms with Crippen molar-refractivity contribution in [3.63, 3.8) is 0 Å². The van der Waals surface area contributed by atoms with Crippen LogP contribution in [-0.4, -0.2) is 30.2 Å². The van der Waals surface area contributed by atoms with Gasteiger partial charge in [0.1, 0.15) is 5.82 Å². The number of amides is 1. The van der Waals surface area contributed by atoms with Crippen LogP contribution in [0.4, 0.5) is 0 Å². The smallest absolute Gasteiger partial charge is 0.328 e. The summed E-state index contributed by atoms with van der Waals surface area (Å²) in [5, 5.41) is 11.0. The summed E-state index contributed by atoms with van der Waals surface area (Å²) in [6.07, 6.45) is 4.29. The zero-order valence-electron chi connectivity index (χ0n) is 12.8. The second kappa shape index (κ2) is 6.19. The SMILES string of the molecule is Cn1c(=O)[nH]cc(CC(=O)NCc2nnc3n2CCCC3)c1=O. The van der Waals surface area contributed by atoms with E-state index in [1.165, 1.54) is 13.2 Å². The number of carbonyl (C=O) groups is 1. The molecule has 23 heavy (non-hydrogen) atoms. The third-order valence-electron chi connectivity index (χ3n) is 3.98. The molecule has 2 aromatic heterocycles. The summed E-state index contributed by atoms with van der Waals surface area (Å²) in [6.45, 7) is 1.14. The third-order valence-corrected chi connectivity index (χ3v) is 3.98. The molecule has 0 unspecified atom stereocenters. The number of nitrogens with zero attached hydrogens (tertiary/aromatic N) is 4. The van der Waals surface area contributed by atoms with Crippen LogP contribution < -0.4 is 16.6 Å². The van der Waals surface area contributed by atoms with Crippen molar-refractivity contribution in [1.82, 2.24) is 29.6 Å². The molecule has 0 saturated heterocycles. The molecule has 0 spiro atoms. The second-order valence-corrected chi connectivity index (χ2v) is 5.58. The van der Waals surface area contributed by atoms with Gasteiger partial charge in [-0.15, -0.1) is 10.2 Å². The Bertz CT molecular complexity index is 847. The van der Waals surface area contributed by atoms with Gasteiger partial charge in [-0.25, -0.2) is 4.79 Å². The van der Waals surface area contributed by atoms with E-state index in [1.54, 1.807) is 0 Å². The molecule has 9 heteroatoms. The average Bonchev–Trinajstić information content (AvgIpc) is 2.97. The summed E-state index contributed by atoms with van der Waals surface area (Å²) in [7, 11) is 1.37. The van der Waals surface area contributed by atoms with Crippen LogP contribution in [0.25, 0.3) is 0 Å². The lowest BCUT2D eigenvalue weighted by Gasteiger charge is -2.14. The molecule has 0 fully saturated rings. The predicted octanol–water partition coefficient (Wildman–Crippen LogP) is -1.14. The Morgan fingerprint density at radius 1 is 1.35 bits per heavy atom. The largest absolute Gasteiger partial charge is 0.349 e. The Labute approximate surface area is 131 Å². The zero-order chi connectivity index (χ0) is 16.4. The number of rotatable bonds is 4. The fraction of sp³-hybridized carbons (Fsp3) is 0.500. The van der Waals surface area contributed by atoms with Crippen LogP contribution in [0.1, 0.15) is 30.1 Å². The lowest BCUT2D eigenvalue weighted by molar-refractivity contribution is -0.120. The van der Waals surface area contributed by atoms with Gasteiger partial charge < -0.3 is 14.9 Å². The van der Waals surface area contributed by atoms with Crippen molar-refractivity contribution >= 4 is 5.91 Å². The standard InChI is InChI=1S/C14H18N6O3/c1-19-13(22)9(7-16-14(19)23)6-12(21)15-8-11-18-17-10-4-2-3-5-20(10)11/h7H,2-6,8H2,1H3,(H,15,21)(H,16,23). The first-order valence-corrected chi connectivity index (χ1v) is 7.51. The predicted molar refractivity (Wildman–Crippen MR) is 80.8 cm³/mol. The maximum atomic E-state index is 12.0. The summed E-state index contributed by atoms with van der Waals surface area (Å²) in [4.78, 5) is 37.6. The Morgan fingerprint density at radius 3 is 3.00 bits per heavy atom. The molecule has 122 valence electrons. The summed E-state index contributed by atoms with van der Waals surface area (Å²) < 4.78 is 2.97. The molecular formula is C14H18N6O3. The first-order valence-electron chi connectivity index (χ1n) is 7.51. The van der Waals surface area contributed by atoms with Gasteiger partial charge in [-0.2, -0.15) is 0 Å². The number of hydrogen-bond acceptors (Lipinski definition) is 5. The van der Waals surface area contributed by atoms with Crippen LogP contribution in [0, 0.1) is 0 Å². The minimum atomic E-state index is -0.505. The van der Waals surface area contributed by atoms with Crippen molar-refractivity contribution in [1.29, 1.82) is 0 Å². The molecule has 1 aliphatic heterocycles. The van der Waals surface area contributed by atoms with Gasteiger partial charge in [0.15, 0.2) is 5.82 Å². The van der Waals surface area contributed by atoms with Gasteiger partial charge in [-0.05, 0) is 12.8 Å². The van der Waals surface area contributed by atoms with Gasteiger partial charge in [0.2, 0.25) is 5.91 Å². The van der Waals surface area contributed by atoms with Gasteiger partial charge in [-0.3, -0.25) is 14.2 Å². The van der Waals surface area contributed by atoms with E-state index < -0.39 is 11.2 Å². The number of aromatic nitrogens is 5. The van der Waals surface area contributed by atoms with E-state index >= 15 is 0 Å². The van der Waals surface area contributed by atoms with E-state index in [0.717, 1.165) is 42.0 Å². The molecule has 2 N–H and O–H groups in total. The van der Waals surface area contributed by atoms with Crippen LogP contribution in [0.2, 0.25) is 0 Å². The number of carbonyl (C=O) groups excluding carboxylic acids is 1. The summed E-state index contributed by atoms with van der Waals surface area (Å²) >= 11 is 0. The highest BCUT2D eigenvalue weighted by Crippen LogP contribution is 2.13. The molecule has 3 heterocycles. The van der Waals surface area contributed by atoms with Gasteiger partial charge in [0.05, 0.1) is 13.0 Å². The first-order chi connectivity index (χ1) is 11.1. The number of fused-ring (bicyclic) bond motifs is 1. The zero-order valence-corrected chi connectivity index (χ0v) is 12.8. The molecular weight excluding hydrogens is 300 g/mol. The lowest BCUT2D eigenvalue weighted by atomic mass is 10.1. The summed E-state index contributed by atoms with van der Waals surface area (Å²) in [5.41, 5.74) is -0.731. The summed E-state index contributed by atoms with van der Waals surface area (Å²) in [6, 6.07) is 0. The normalized spacial score (nSPS) is 13.6. The third kappa shape index (κ3) is 3.08. The van der Waals surface area contributed by atoms with Crippen LogP contribution in [0.5, 0.6) is 0 Å². The first kappa shape index (κ1) is 15.2. The number of nitrogens with one attached hydrogen (secondary N) is 2. The topological polar surface area (TPSA) is 115 Å². The van der Waals surface area contributed by atoms with Crippen molar-refractivity contribution in [3.8, 4) is 0 Å². The molecule has 0 bridgehead atoms. The van der Waals surface area contributed by atoms with Crippen molar-refractivity contribution in [2.24, 2.45) is 7.05 Å². The highest BCUT2D eigenvalue weighted by atomic mass is 16.2. The number of aromatic amines is 1. The number of H-pyrrole nitrogens is 1. The number of hydrogen-bond donors (Lipinski definition) is 2. The van der Waals surface area contributed by atoms with Gasteiger partial charge in [0.25, 0.3) is 5.56 Å². The Balaban J connectivity index is 1.64. The molecule has 1 aliphatic rings. The monoisotopic (exact) mass is 318 g/mol. The van der Waals surface area contributed by atoms with Gasteiger partial charge in [-0.1, -0.05) is 0 Å². The van der Waals surface area contributed by atoms with E-state index in [1.807, 2.05) is 4.57 Å². The maximum Gasteiger partial charge on any atom is 0.328 e. The molecule has 0 saturated carbocycles. The second-order valence-electron chi connectivity index (χ2n) is 5.58. The fourth-order valence-electron chi connectivity index (χ4n) is 2.65. The van der Waals surface area contributed by atoms with Crippen molar-refractivity contribution in [3.05, 3.63) is 44.2 Å². The fourth-order valence-corrected chi connectivity index (χ4v) is 2.65. The van der Waals surface area contributed by atoms with Crippen molar-refractivity contribution in [2.45, 2.75) is 38.8 Å². The van der Waals surface area contributed by atoms with Crippen LogP contribution in [-0.2, 0) is 37.8 Å². The van der Waals surface area contributed by atoms with E-state index in [-0.39, 0.29) is 24.4 Å². The highest BCUT2D eigenvalue weighted by molar-refractivity contribution is 5.78. The highest BCUT2D eigenvalue weighted by Gasteiger charge is 2.16. The maximum absolute atomic E-state index is 12.0. The lowest BCUT2D eigenvalue weighted by Crippen LogP contribution is -2.36. The summed E-state index contributed by atoms with van der Waals surface area (Å²) in [5.74, 6) is 1.37. The van der Waals surface area contributed by atoms with Gasteiger partial charge >= 0.3 is 5.69 Å². The Morgan fingerprint density at radius 2 is 2.17 bits per heavy atom. The quantitative estimate of drug-likeness (QED) is 0.739. The van der Waals surface area contributed by atoms with E-state index in [9.17, 15) is 14.4 Å². The van der Waals surface area contributed by atoms with Crippen molar-refractivity contribution in [2.75, 3.05) is 0 Å². The van der Waals surface area contributed by atoms with Crippen LogP contribution in [0.3, 0.4) is 0 Å². The molecule has 9 nitrogen and oxygen atoms in total. The Kier molecular flexibility index (Phi) is 4.09. The Hall–Kier alpha value is -2.71. The van der Waals surface area contributed by atoms with Crippen molar-refractivity contribution < 1.29 is 4.79 Å². The van der Waals surface area contributed by atoms with Crippen LogP contribution >= 0.6 is 0 Å². The van der Waals surface area contributed by atoms with E-state index in [2.05, 4.69) is 20.5 Å². The minimum absolute atomic E-state index is 0.0928. The van der Waals surface area contributed by atoms with Gasteiger partial charge in [0, 0.05) is 31.8 Å². The molecule has 0 aromatic carbocycles. The molecule has 3 rings (SSSR count). The molecule has 2 aromatic rings. The average molecular weight is 318 g/mol. The molecule has 0 atom stereocenters. The number of aryl methyl sites for hydroxylation is 1. The molecule has 1 amide bonds. The minimum Gasteiger partial charge on any atom is -0.349 e. The molecule has 0 aliphatic carbocycles. The van der Waals surface area contributed by atoms with E-state index in [4.69, 9.17) is 0 Å². The van der Waals surface area contributed by atoms with E-state index in [0.29, 0.717) is 0 Å².